The molecule has 8 heteroatoms. The van der Waals surface area contributed by atoms with E-state index in [1.807, 2.05) is 12.3 Å². The van der Waals surface area contributed by atoms with E-state index in [0.717, 1.165) is 24.0 Å². The lowest BCUT2D eigenvalue weighted by molar-refractivity contribution is 0.622. The van der Waals surface area contributed by atoms with Gasteiger partial charge in [0.2, 0.25) is 0 Å². The summed E-state index contributed by atoms with van der Waals surface area (Å²) in [6, 6.07) is 4.96. The summed E-state index contributed by atoms with van der Waals surface area (Å²) in [5, 5.41) is 5.13. The van der Waals surface area contributed by atoms with Crippen molar-refractivity contribution in [3.63, 3.8) is 0 Å². The van der Waals surface area contributed by atoms with E-state index in [1.165, 1.54) is 17.2 Å². The third kappa shape index (κ3) is 2.77. The number of nitrogens with two attached hydrogens (primary N) is 1. The normalized spacial score (nSPS) is 17.9. The van der Waals surface area contributed by atoms with Gasteiger partial charge in [0.25, 0.3) is 0 Å². The Morgan fingerprint density at radius 1 is 1.28 bits per heavy atom. The van der Waals surface area contributed by atoms with Crippen LogP contribution in [0.1, 0.15) is 29.4 Å². The lowest BCUT2D eigenvalue weighted by Gasteiger charge is -2.22. The molecule has 5 rings (SSSR count). The van der Waals surface area contributed by atoms with E-state index >= 15 is 0 Å². The van der Waals surface area contributed by atoms with E-state index in [1.54, 1.807) is 16.8 Å². The quantitative estimate of drug-likeness (QED) is 0.504. The number of nitrogens with zero attached hydrogens (tertiary/aromatic N) is 4. The smallest absolute Gasteiger partial charge is 0.157 e. The van der Waals surface area contributed by atoms with Crippen molar-refractivity contribution < 1.29 is 4.39 Å². The SMILES string of the molecule is CC1(c2cc3nc(-c4cncc(F)c4)cc(Cl)n3n2)C=Cc2[nH]cc(CCN)c21. The van der Waals surface area contributed by atoms with E-state index in [4.69, 9.17) is 22.4 Å². The van der Waals surface area contributed by atoms with Crippen molar-refractivity contribution in [2.75, 3.05) is 6.54 Å². The van der Waals surface area contributed by atoms with Crippen LogP contribution in [0.5, 0.6) is 0 Å². The summed E-state index contributed by atoms with van der Waals surface area (Å²) in [5.74, 6) is -0.425. The van der Waals surface area contributed by atoms with Gasteiger partial charge < -0.3 is 10.7 Å². The third-order valence-corrected chi connectivity index (χ3v) is 5.69. The van der Waals surface area contributed by atoms with Gasteiger partial charge in [0.05, 0.1) is 23.0 Å². The highest BCUT2D eigenvalue weighted by Gasteiger charge is 2.37. The van der Waals surface area contributed by atoms with Gasteiger partial charge in [0, 0.05) is 35.8 Å². The number of hydrogen-bond donors (Lipinski definition) is 2. The van der Waals surface area contributed by atoms with Crippen LogP contribution in [0.3, 0.4) is 0 Å². The highest BCUT2D eigenvalue weighted by atomic mass is 35.5. The highest BCUT2D eigenvalue weighted by Crippen LogP contribution is 2.43. The minimum absolute atomic E-state index is 0.391. The molecule has 4 heterocycles. The monoisotopic (exact) mass is 408 g/mol. The predicted molar refractivity (Wildman–Crippen MR) is 110 cm³/mol. The Kier molecular flexibility index (Phi) is 4.04. The molecule has 4 aromatic heterocycles. The molecule has 29 heavy (non-hydrogen) atoms. The lowest BCUT2D eigenvalue weighted by Crippen LogP contribution is -2.21. The molecular weight excluding hydrogens is 391 g/mol. The minimum Gasteiger partial charge on any atom is -0.361 e. The summed E-state index contributed by atoms with van der Waals surface area (Å²) in [6.07, 6.45) is 9.70. The number of pyridine rings is 1. The van der Waals surface area contributed by atoms with Crippen molar-refractivity contribution in [1.29, 1.82) is 0 Å². The first-order valence-electron chi connectivity index (χ1n) is 9.27. The highest BCUT2D eigenvalue weighted by molar-refractivity contribution is 6.30. The number of allylic oxidation sites excluding steroid dienone is 1. The molecule has 1 aliphatic carbocycles. The maximum atomic E-state index is 13.6. The summed E-state index contributed by atoms with van der Waals surface area (Å²) >= 11 is 6.48. The zero-order chi connectivity index (χ0) is 20.2. The Labute approximate surface area is 171 Å². The number of aromatic nitrogens is 5. The molecule has 3 N–H and O–H groups in total. The second kappa shape index (κ2) is 6.50. The fourth-order valence-electron chi connectivity index (χ4n) is 4.02. The van der Waals surface area contributed by atoms with Gasteiger partial charge in [-0.3, -0.25) is 4.98 Å². The van der Waals surface area contributed by atoms with Gasteiger partial charge in [-0.1, -0.05) is 17.7 Å². The van der Waals surface area contributed by atoms with Gasteiger partial charge in [-0.25, -0.2) is 13.9 Å². The van der Waals surface area contributed by atoms with E-state index in [0.29, 0.717) is 28.6 Å². The fourth-order valence-corrected chi connectivity index (χ4v) is 4.25. The van der Waals surface area contributed by atoms with Crippen LogP contribution >= 0.6 is 11.6 Å². The molecule has 0 fully saturated rings. The first-order valence-corrected chi connectivity index (χ1v) is 9.65. The summed E-state index contributed by atoms with van der Waals surface area (Å²) in [5.41, 5.74) is 11.3. The first kappa shape index (κ1) is 18.0. The topological polar surface area (TPSA) is 84.9 Å². The molecule has 0 radical (unpaired) electrons. The standard InChI is InChI=1S/C21H18ClFN6/c1-21(4-2-15-20(21)12(3-5-24)10-26-15)17-8-19-27-16(7-18(22)29(19)28-17)13-6-14(23)11-25-9-13/h2,4,6-11,26H,3,5,24H2,1H3. The number of H-pyrrole nitrogens is 1. The van der Waals surface area contributed by atoms with Crippen LogP contribution in [-0.2, 0) is 11.8 Å². The lowest BCUT2D eigenvalue weighted by atomic mass is 9.80. The largest absolute Gasteiger partial charge is 0.361 e. The molecule has 0 bridgehead atoms. The third-order valence-electron chi connectivity index (χ3n) is 5.43. The molecule has 1 aliphatic rings. The molecular formula is C21H18ClFN6. The molecule has 4 aromatic rings. The van der Waals surface area contributed by atoms with Crippen LogP contribution in [0.15, 0.2) is 42.9 Å². The van der Waals surface area contributed by atoms with E-state index in [9.17, 15) is 4.39 Å². The van der Waals surface area contributed by atoms with Crippen LogP contribution in [0.25, 0.3) is 23.0 Å². The van der Waals surface area contributed by atoms with Gasteiger partial charge in [0.15, 0.2) is 5.65 Å². The van der Waals surface area contributed by atoms with E-state index in [-0.39, 0.29) is 0 Å². The predicted octanol–water partition coefficient (Wildman–Crippen LogP) is 3.75. The van der Waals surface area contributed by atoms with E-state index in [2.05, 4.69) is 34.0 Å². The zero-order valence-corrected chi connectivity index (χ0v) is 16.4. The Morgan fingerprint density at radius 2 is 2.14 bits per heavy atom. The molecule has 0 spiro atoms. The molecule has 0 aromatic carbocycles. The number of aromatic amines is 1. The van der Waals surface area contributed by atoms with E-state index < -0.39 is 11.2 Å². The Balaban J connectivity index is 1.64. The van der Waals surface area contributed by atoms with Gasteiger partial charge in [0.1, 0.15) is 11.0 Å². The number of nitrogens with one attached hydrogen (secondary N) is 1. The van der Waals surface area contributed by atoms with Crippen molar-refractivity contribution in [1.82, 2.24) is 24.6 Å². The molecule has 1 unspecified atom stereocenters. The van der Waals surface area contributed by atoms with Crippen molar-refractivity contribution >= 4 is 23.3 Å². The molecule has 0 saturated heterocycles. The molecule has 6 nitrogen and oxygen atoms in total. The van der Waals surface area contributed by atoms with Crippen LogP contribution in [0.4, 0.5) is 4.39 Å². The number of halogens is 2. The van der Waals surface area contributed by atoms with Crippen molar-refractivity contribution in [3.8, 4) is 11.3 Å². The van der Waals surface area contributed by atoms with Crippen LogP contribution < -0.4 is 5.73 Å². The Hall–Kier alpha value is -3.03. The summed E-state index contributed by atoms with van der Waals surface area (Å²) < 4.78 is 15.2. The van der Waals surface area contributed by atoms with Gasteiger partial charge in [-0.05, 0) is 43.2 Å². The fraction of sp³-hybridized carbons (Fsp3) is 0.190. The zero-order valence-electron chi connectivity index (χ0n) is 15.7. The van der Waals surface area contributed by atoms with Gasteiger partial charge in [-0.2, -0.15) is 5.10 Å². The summed E-state index contributed by atoms with van der Waals surface area (Å²) in [4.78, 5) is 11.8. The van der Waals surface area contributed by atoms with Crippen LogP contribution in [-0.4, -0.2) is 31.1 Å². The number of rotatable bonds is 4. The molecule has 0 amide bonds. The summed E-state index contributed by atoms with van der Waals surface area (Å²) in [7, 11) is 0. The second-order valence-electron chi connectivity index (χ2n) is 7.33. The minimum atomic E-state index is -0.425. The number of hydrogen-bond acceptors (Lipinski definition) is 4. The molecule has 1 atom stereocenters. The maximum absolute atomic E-state index is 13.6. The van der Waals surface area contributed by atoms with Gasteiger partial charge in [-0.15, -0.1) is 0 Å². The van der Waals surface area contributed by atoms with Crippen molar-refractivity contribution in [2.24, 2.45) is 5.73 Å². The average Bonchev–Trinajstić information content (AvgIpc) is 3.39. The number of fused-ring (bicyclic) bond motifs is 2. The van der Waals surface area contributed by atoms with Gasteiger partial charge >= 0.3 is 0 Å². The van der Waals surface area contributed by atoms with Crippen molar-refractivity contribution in [2.45, 2.75) is 18.8 Å². The van der Waals surface area contributed by atoms with Crippen LogP contribution in [0.2, 0.25) is 5.15 Å². The second-order valence-corrected chi connectivity index (χ2v) is 7.72. The molecule has 146 valence electrons. The van der Waals surface area contributed by atoms with Crippen molar-refractivity contribution in [3.05, 3.63) is 76.4 Å². The summed E-state index contributed by atoms with van der Waals surface area (Å²) in [6.45, 7) is 2.69. The molecule has 0 saturated carbocycles. The first-order chi connectivity index (χ1) is 14.0. The maximum Gasteiger partial charge on any atom is 0.157 e. The van der Waals surface area contributed by atoms with Crippen LogP contribution in [0, 0.1) is 5.82 Å². The average molecular weight is 409 g/mol. The molecule has 0 aliphatic heterocycles. The Bertz CT molecular complexity index is 1270. The Morgan fingerprint density at radius 3 is 2.93 bits per heavy atom.